The molecule has 0 bridgehead atoms. The van der Waals surface area contributed by atoms with Gasteiger partial charge in [-0.1, -0.05) is 27.7 Å². The first-order valence-corrected chi connectivity index (χ1v) is 6.17. The molecular weight excluding hydrogens is 230 g/mol. The number of hydrogen-bond donors (Lipinski definition) is 2. The number of nitrogens with one attached hydrogen (secondary N) is 1. The van der Waals surface area contributed by atoms with Crippen molar-refractivity contribution in [3.8, 4) is 0 Å². The van der Waals surface area contributed by atoms with Crippen molar-refractivity contribution in [1.29, 1.82) is 0 Å². The van der Waals surface area contributed by atoms with Gasteiger partial charge >= 0.3 is 5.97 Å². The van der Waals surface area contributed by atoms with Crippen LogP contribution in [-0.2, 0) is 13.6 Å². The molecule has 0 spiro atoms. The van der Waals surface area contributed by atoms with E-state index < -0.39 is 5.97 Å². The summed E-state index contributed by atoms with van der Waals surface area (Å²) in [6.07, 6.45) is 1.41. The van der Waals surface area contributed by atoms with Gasteiger partial charge in [-0.25, -0.2) is 4.79 Å². The van der Waals surface area contributed by atoms with Crippen LogP contribution >= 0.6 is 0 Å². The van der Waals surface area contributed by atoms with E-state index in [2.05, 4.69) is 38.1 Å². The lowest BCUT2D eigenvalue weighted by Crippen LogP contribution is -2.24. The first-order valence-electron chi connectivity index (χ1n) is 6.17. The van der Waals surface area contributed by atoms with Gasteiger partial charge in [-0.15, -0.1) is 0 Å². The third-order valence-electron chi connectivity index (χ3n) is 4.79. The van der Waals surface area contributed by atoms with Crippen molar-refractivity contribution in [2.45, 2.75) is 40.3 Å². The van der Waals surface area contributed by atoms with Crippen LogP contribution in [0.5, 0.6) is 0 Å². The molecular formula is C13H21N3O2. The first-order chi connectivity index (χ1) is 8.19. The van der Waals surface area contributed by atoms with Crippen LogP contribution in [0.15, 0.2) is 6.20 Å². The van der Waals surface area contributed by atoms with Crippen LogP contribution in [0, 0.1) is 10.8 Å². The van der Waals surface area contributed by atoms with Crippen LogP contribution in [0.3, 0.4) is 0 Å². The van der Waals surface area contributed by atoms with E-state index in [0.717, 1.165) is 5.69 Å². The summed E-state index contributed by atoms with van der Waals surface area (Å²) < 4.78 is 1.62. The maximum Gasteiger partial charge on any atom is 0.339 e. The zero-order valence-corrected chi connectivity index (χ0v) is 11.6. The monoisotopic (exact) mass is 251 g/mol. The number of carboxylic acid groups (broad SMARTS) is 1. The molecule has 5 heteroatoms. The highest BCUT2D eigenvalue weighted by molar-refractivity contribution is 5.88. The van der Waals surface area contributed by atoms with Crippen molar-refractivity contribution in [2.75, 3.05) is 0 Å². The van der Waals surface area contributed by atoms with Crippen LogP contribution in [0.4, 0.5) is 0 Å². The molecule has 100 valence electrons. The Balaban J connectivity index is 2.09. The molecule has 0 aliphatic heterocycles. The molecule has 5 nitrogen and oxygen atoms in total. The van der Waals surface area contributed by atoms with E-state index in [-0.39, 0.29) is 16.4 Å². The van der Waals surface area contributed by atoms with Crippen LogP contribution in [0.25, 0.3) is 0 Å². The molecule has 1 aliphatic rings. The smallest absolute Gasteiger partial charge is 0.339 e. The second-order valence-electron chi connectivity index (χ2n) is 6.19. The number of hydrogen-bond acceptors (Lipinski definition) is 3. The Kier molecular flexibility index (Phi) is 2.77. The minimum Gasteiger partial charge on any atom is -0.478 e. The largest absolute Gasteiger partial charge is 0.478 e. The van der Waals surface area contributed by atoms with Crippen molar-refractivity contribution in [1.82, 2.24) is 15.1 Å². The Hall–Kier alpha value is -1.36. The highest BCUT2D eigenvalue weighted by atomic mass is 16.4. The first kappa shape index (κ1) is 13.1. The number of aromatic carboxylic acids is 1. The van der Waals surface area contributed by atoms with Crippen molar-refractivity contribution in [2.24, 2.45) is 17.9 Å². The maximum absolute atomic E-state index is 11.1. The molecule has 0 aromatic carbocycles. The standard InChI is InChI=1S/C13H21N3O2/c1-12(2)11(13(12,3)4)14-7-9-8(10(17)18)6-15-16(9)5/h6,11,14H,7H2,1-5H3,(H,17,18). The van der Waals surface area contributed by atoms with Gasteiger partial charge in [0.1, 0.15) is 5.56 Å². The van der Waals surface area contributed by atoms with Crippen LogP contribution in [0.1, 0.15) is 43.7 Å². The summed E-state index contributed by atoms with van der Waals surface area (Å²) in [6, 6.07) is 0.404. The van der Waals surface area contributed by atoms with Gasteiger partial charge in [0.15, 0.2) is 0 Å². The molecule has 0 radical (unpaired) electrons. The van der Waals surface area contributed by atoms with Gasteiger partial charge < -0.3 is 10.4 Å². The molecule has 2 rings (SSSR count). The number of aromatic nitrogens is 2. The molecule has 0 amide bonds. The highest BCUT2D eigenvalue weighted by Crippen LogP contribution is 2.62. The molecule has 1 saturated carbocycles. The van der Waals surface area contributed by atoms with Gasteiger partial charge in [-0.05, 0) is 10.8 Å². The van der Waals surface area contributed by atoms with Crippen LogP contribution in [0.2, 0.25) is 0 Å². The van der Waals surface area contributed by atoms with Gasteiger partial charge in [0.05, 0.1) is 11.9 Å². The number of aryl methyl sites for hydroxylation is 1. The number of carbonyl (C=O) groups is 1. The van der Waals surface area contributed by atoms with Crippen molar-refractivity contribution in [3.63, 3.8) is 0 Å². The molecule has 0 saturated heterocycles. The Morgan fingerprint density at radius 3 is 2.44 bits per heavy atom. The third-order valence-corrected chi connectivity index (χ3v) is 4.79. The molecule has 18 heavy (non-hydrogen) atoms. The predicted octanol–water partition coefficient (Wildman–Crippen LogP) is 1.64. The van der Waals surface area contributed by atoms with E-state index in [1.165, 1.54) is 6.20 Å². The Bertz CT molecular complexity index is 474. The number of carboxylic acids is 1. The summed E-state index contributed by atoms with van der Waals surface area (Å²) in [5, 5.41) is 16.5. The molecule has 0 unspecified atom stereocenters. The molecule has 1 aromatic heterocycles. The second kappa shape index (κ2) is 3.82. The summed E-state index contributed by atoms with van der Waals surface area (Å²) in [7, 11) is 1.77. The van der Waals surface area contributed by atoms with Crippen molar-refractivity contribution < 1.29 is 9.90 Å². The lowest BCUT2D eigenvalue weighted by Gasteiger charge is -2.08. The molecule has 1 fully saturated rings. The van der Waals surface area contributed by atoms with E-state index in [9.17, 15) is 4.79 Å². The highest BCUT2D eigenvalue weighted by Gasteiger charge is 2.64. The predicted molar refractivity (Wildman–Crippen MR) is 68.4 cm³/mol. The summed E-state index contributed by atoms with van der Waals surface area (Å²) >= 11 is 0. The SMILES string of the molecule is Cn1ncc(C(=O)O)c1CNC1C(C)(C)C1(C)C. The van der Waals surface area contributed by atoms with Crippen molar-refractivity contribution in [3.05, 3.63) is 17.5 Å². The number of nitrogens with zero attached hydrogens (tertiary/aromatic N) is 2. The van der Waals surface area contributed by atoms with E-state index in [1.54, 1.807) is 11.7 Å². The molecule has 1 aromatic rings. The lowest BCUT2D eigenvalue weighted by atomic mass is 10.0. The van der Waals surface area contributed by atoms with E-state index >= 15 is 0 Å². The fraction of sp³-hybridized carbons (Fsp3) is 0.692. The number of rotatable bonds is 4. The maximum atomic E-state index is 11.1. The van der Waals surface area contributed by atoms with Gasteiger partial charge in [-0.3, -0.25) is 4.68 Å². The second-order valence-corrected chi connectivity index (χ2v) is 6.19. The Labute approximate surface area is 107 Å². The summed E-state index contributed by atoms with van der Waals surface area (Å²) in [5.74, 6) is -0.922. The van der Waals surface area contributed by atoms with Gasteiger partial charge in [0.25, 0.3) is 0 Å². The zero-order valence-electron chi connectivity index (χ0n) is 11.6. The van der Waals surface area contributed by atoms with Crippen LogP contribution < -0.4 is 5.32 Å². The average molecular weight is 251 g/mol. The summed E-state index contributed by atoms with van der Waals surface area (Å²) in [5.41, 5.74) is 1.49. The Morgan fingerprint density at radius 2 is 2.00 bits per heavy atom. The quantitative estimate of drug-likeness (QED) is 0.853. The summed E-state index contributed by atoms with van der Waals surface area (Å²) in [6.45, 7) is 9.45. The zero-order chi connectivity index (χ0) is 13.7. The third kappa shape index (κ3) is 1.73. The molecule has 1 heterocycles. The Morgan fingerprint density at radius 1 is 1.44 bits per heavy atom. The fourth-order valence-corrected chi connectivity index (χ4v) is 2.76. The normalized spacial score (nSPS) is 20.9. The summed E-state index contributed by atoms with van der Waals surface area (Å²) in [4.78, 5) is 11.1. The minimum absolute atomic E-state index is 0.245. The average Bonchev–Trinajstić information content (AvgIpc) is 2.57. The van der Waals surface area contributed by atoms with E-state index in [4.69, 9.17) is 5.11 Å². The molecule has 2 N–H and O–H groups in total. The van der Waals surface area contributed by atoms with Crippen LogP contribution in [-0.4, -0.2) is 26.9 Å². The molecule has 1 aliphatic carbocycles. The van der Waals surface area contributed by atoms with E-state index in [1.807, 2.05) is 0 Å². The molecule has 0 atom stereocenters. The lowest BCUT2D eigenvalue weighted by molar-refractivity contribution is 0.0695. The minimum atomic E-state index is -0.922. The van der Waals surface area contributed by atoms with Gasteiger partial charge in [0.2, 0.25) is 0 Å². The van der Waals surface area contributed by atoms with Gasteiger partial charge in [0, 0.05) is 19.6 Å². The fourth-order valence-electron chi connectivity index (χ4n) is 2.76. The van der Waals surface area contributed by atoms with E-state index in [0.29, 0.717) is 12.6 Å². The van der Waals surface area contributed by atoms with Crippen molar-refractivity contribution >= 4 is 5.97 Å². The topological polar surface area (TPSA) is 67.2 Å². The van der Waals surface area contributed by atoms with Gasteiger partial charge in [-0.2, -0.15) is 5.10 Å².